The van der Waals surface area contributed by atoms with Crippen LogP contribution in [0.2, 0.25) is 0 Å². The largest absolute Gasteiger partial charge is 0.298 e. The molecule has 0 saturated heterocycles. The zero-order chi connectivity index (χ0) is 12.6. The van der Waals surface area contributed by atoms with Crippen molar-refractivity contribution in [1.29, 1.82) is 0 Å². The maximum absolute atomic E-state index is 11.3. The highest BCUT2D eigenvalue weighted by molar-refractivity contribution is 5.76. The monoisotopic (exact) mass is 246 g/mol. The summed E-state index contributed by atoms with van der Waals surface area (Å²) in [5.41, 5.74) is 4.05. The molecule has 0 radical (unpaired) electrons. The molecule has 0 aromatic heterocycles. The Kier molecular flexibility index (Phi) is 5.70. The smallest absolute Gasteiger partial charge is 0.146 e. The van der Waals surface area contributed by atoms with Gasteiger partial charge in [0, 0.05) is 0 Å². The summed E-state index contributed by atoms with van der Waals surface area (Å²) in [6, 6.07) is 0. The summed E-state index contributed by atoms with van der Waals surface area (Å²) in [5, 5.41) is 0. The Balaban J connectivity index is 2.20. The van der Waals surface area contributed by atoms with Crippen molar-refractivity contribution in [1.82, 2.24) is 0 Å². The molecule has 2 aliphatic carbocycles. The van der Waals surface area contributed by atoms with Gasteiger partial charge in [-0.15, -0.1) is 0 Å². The minimum atomic E-state index is 1.01. The van der Waals surface area contributed by atoms with Crippen LogP contribution in [0.3, 0.4) is 0 Å². The first kappa shape index (κ1) is 13.6. The van der Waals surface area contributed by atoms with Crippen molar-refractivity contribution < 1.29 is 4.79 Å². The van der Waals surface area contributed by atoms with Crippen molar-refractivity contribution in [3.63, 3.8) is 0 Å². The Hall–Kier alpha value is -0.850. The van der Waals surface area contributed by atoms with Gasteiger partial charge in [-0.1, -0.05) is 31.8 Å². The second-order valence-corrected chi connectivity index (χ2v) is 5.72. The van der Waals surface area contributed by atoms with Crippen LogP contribution in [0.25, 0.3) is 0 Å². The number of allylic oxidation sites excluding steroid dienone is 4. The molecule has 0 aromatic carbocycles. The fourth-order valence-corrected chi connectivity index (χ4v) is 3.24. The summed E-state index contributed by atoms with van der Waals surface area (Å²) in [7, 11) is 0. The highest BCUT2D eigenvalue weighted by Gasteiger charge is 2.14. The molecule has 1 heteroatoms. The number of rotatable bonds is 2. The first-order chi connectivity index (χ1) is 8.92. The lowest BCUT2D eigenvalue weighted by Crippen LogP contribution is -2.03. The molecular formula is C17H26O. The molecule has 0 heterocycles. The minimum absolute atomic E-state index is 1.01. The van der Waals surface area contributed by atoms with E-state index < -0.39 is 0 Å². The fraction of sp³-hybridized carbons (Fsp3) is 0.706. The molecule has 2 rings (SSSR count). The van der Waals surface area contributed by atoms with E-state index in [1.165, 1.54) is 75.4 Å². The van der Waals surface area contributed by atoms with Gasteiger partial charge in [0.1, 0.15) is 6.29 Å². The first-order valence-corrected chi connectivity index (χ1v) is 7.78. The van der Waals surface area contributed by atoms with Crippen LogP contribution in [0.5, 0.6) is 0 Å². The third-order valence-corrected chi connectivity index (χ3v) is 4.33. The first-order valence-electron chi connectivity index (χ1n) is 7.78. The molecule has 0 saturated carbocycles. The molecule has 0 aliphatic heterocycles. The Morgan fingerprint density at radius 1 is 0.778 bits per heavy atom. The second kappa shape index (κ2) is 7.56. The molecule has 2 aliphatic rings. The Morgan fingerprint density at radius 3 is 2.22 bits per heavy atom. The van der Waals surface area contributed by atoms with E-state index in [2.05, 4.69) is 6.08 Å². The quantitative estimate of drug-likeness (QED) is 0.618. The fourth-order valence-electron chi connectivity index (χ4n) is 3.24. The molecule has 0 spiro atoms. The summed E-state index contributed by atoms with van der Waals surface area (Å²) in [6.45, 7) is 0. The number of carbonyl (C=O) groups excluding carboxylic acids is 1. The lowest BCUT2D eigenvalue weighted by Gasteiger charge is -2.19. The highest BCUT2D eigenvalue weighted by Crippen LogP contribution is 2.31. The van der Waals surface area contributed by atoms with Crippen LogP contribution in [0.1, 0.15) is 77.0 Å². The van der Waals surface area contributed by atoms with E-state index >= 15 is 0 Å². The predicted octanol–water partition coefficient (Wildman–Crippen LogP) is 5.12. The van der Waals surface area contributed by atoms with Crippen LogP contribution in [-0.2, 0) is 4.79 Å². The van der Waals surface area contributed by atoms with E-state index in [-0.39, 0.29) is 0 Å². The van der Waals surface area contributed by atoms with Crippen molar-refractivity contribution in [2.75, 3.05) is 0 Å². The minimum Gasteiger partial charge on any atom is -0.298 e. The van der Waals surface area contributed by atoms with Crippen LogP contribution in [0.15, 0.2) is 22.8 Å². The van der Waals surface area contributed by atoms with Gasteiger partial charge in [-0.3, -0.25) is 4.79 Å². The standard InChI is InChI=1S/C17H26O/c18-14-16-12-8-4-5-9-13-17(16)15-10-6-2-1-3-7-11-15/h10,14H,1-9,11-13H2/b15-10?,17-16-. The third kappa shape index (κ3) is 3.83. The Labute approximate surface area is 111 Å². The molecule has 1 nitrogen and oxygen atoms in total. The molecule has 18 heavy (non-hydrogen) atoms. The predicted molar refractivity (Wildman–Crippen MR) is 76.6 cm³/mol. The van der Waals surface area contributed by atoms with E-state index in [9.17, 15) is 4.79 Å². The Bertz CT molecular complexity index is 336. The van der Waals surface area contributed by atoms with Gasteiger partial charge >= 0.3 is 0 Å². The molecule has 0 fully saturated rings. The van der Waals surface area contributed by atoms with Crippen molar-refractivity contribution in [2.45, 2.75) is 77.0 Å². The number of carbonyl (C=O) groups is 1. The van der Waals surface area contributed by atoms with Gasteiger partial charge in [-0.05, 0) is 68.1 Å². The zero-order valence-electron chi connectivity index (χ0n) is 11.5. The molecule has 0 bridgehead atoms. The number of aldehydes is 1. The van der Waals surface area contributed by atoms with Crippen molar-refractivity contribution in [3.05, 3.63) is 22.8 Å². The summed E-state index contributed by atoms with van der Waals surface area (Å²) in [5.74, 6) is 0. The van der Waals surface area contributed by atoms with E-state index in [4.69, 9.17) is 0 Å². The summed E-state index contributed by atoms with van der Waals surface area (Å²) in [6.07, 6.45) is 18.6. The van der Waals surface area contributed by atoms with E-state index in [0.29, 0.717) is 0 Å². The third-order valence-electron chi connectivity index (χ3n) is 4.33. The Morgan fingerprint density at radius 2 is 1.44 bits per heavy atom. The maximum Gasteiger partial charge on any atom is 0.146 e. The topological polar surface area (TPSA) is 17.1 Å². The molecule has 0 atom stereocenters. The van der Waals surface area contributed by atoms with Gasteiger partial charge < -0.3 is 0 Å². The van der Waals surface area contributed by atoms with E-state index in [1.807, 2.05) is 0 Å². The van der Waals surface area contributed by atoms with Crippen LogP contribution >= 0.6 is 0 Å². The van der Waals surface area contributed by atoms with E-state index in [1.54, 1.807) is 0 Å². The molecule has 0 aromatic rings. The number of hydrogen-bond acceptors (Lipinski definition) is 1. The zero-order valence-corrected chi connectivity index (χ0v) is 11.5. The van der Waals surface area contributed by atoms with E-state index in [0.717, 1.165) is 24.7 Å². The molecule has 100 valence electrons. The van der Waals surface area contributed by atoms with Gasteiger partial charge in [-0.2, -0.15) is 0 Å². The molecule has 0 unspecified atom stereocenters. The number of hydrogen-bond donors (Lipinski definition) is 0. The molecular weight excluding hydrogens is 220 g/mol. The molecule has 0 amide bonds. The average molecular weight is 246 g/mol. The molecule has 0 N–H and O–H groups in total. The van der Waals surface area contributed by atoms with Gasteiger partial charge in [0.15, 0.2) is 0 Å². The van der Waals surface area contributed by atoms with Gasteiger partial charge in [-0.25, -0.2) is 0 Å². The maximum atomic E-state index is 11.3. The van der Waals surface area contributed by atoms with Gasteiger partial charge in [0.25, 0.3) is 0 Å². The van der Waals surface area contributed by atoms with Crippen LogP contribution in [0, 0.1) is 0 Å². The van der Waals surface area contributed by atoms with Crippen LogP contribution in [-0.4, -0.2) is 6.29 Å². The lowest BCUT2D eigenvalue weighted by molar-refractivity contribution is -0.105. The average Bonchev–Trinajstić information content (AvgIpc) is 2.30. The highest BCUT2D eigenvalue weighted by atomic mass is 16.1. The van der Waals surface area contributed by atoms with Crippen molar-refractivity contribution in [3.8, 4) is 0 Å². The normalized spacial score (nSPS) is 27.4. The summed E-state index contributed by atoms with van der Waals surface area (Å²) in [4.78, 5) is 11.3. The summed E-state index contributed by atoms with van der Waals surface area (Å²) < 4.78 is 0. The second-order valence-electron chi connectivity index (χ2n) is 5.72. The van der Waals surface area contributed by atoms with Gasteiger partial charge in [0.2, 0.25) is 0 Å². The van der Waals surface area contributed by atoms with Crippen molar-refractivity contribution in [2.24, 2.45) is 0 Å². The van der Waals surface area contributed by atoms with Crippen LogP contribution in [0.4, 0.5) is 0 Å². The summed E-state index contributed by atoms with van der Waals surface area (Å²) >= 11 is 0. The van der Waals surface area contributed by atoms with Crippen LogP contribution < -0.4 is 0 Å². The SMILES string of the molecule is O=C/C1=C(\C2=CCCCCCC2)CCCCCC1. The van der Waals surface area contributed by atoms with Gasteiger partial charge in [0.05, 0.1) is 0 Å². The lowest BCUT2D eigenvalue weighted by atomic mass is 9.86. The van der Waals surface area contributed by atoms with Crippen molar-refractivity contribution >= 4 is 6.29 Å².